The van der Waals surface area contributed by atoms with Crippen molar-refractivity contribution in [2.45, 2.75) is 32.3 Å². The number of nitrogens with zero attached hydrogens (tertiary/aromatic N) is 1. The van der Waals surface area contributed by atoms with Crippen molar-refractivity contribution in [3.8, 4) is 0 Å². The van der Waals surface area contributed by atoms with Gasteiger partial charge in [-0.05, 0) is 38.1 Å². The highest BCUT2D eigenvalue weighted by Crippen LogP contribution is 2.42. The molecule has 0 atom stereocenters. The first-order chi connectivity index (χ1) is 12.7. The minimum atomic E-state index is -3.32. The van der Waals surface area contributed by atoms with Crippen molar-refractivity contribution in [2.75, 3.05) is 24.2 Å². The molecule has 1 saturated heterocycles. The van der Waals surface area contributed by atoms with Crippen molar-refractivity contribution in [2.24, 2.45) is 0 Å². The molecule has 7 nitrogen and oxygen atoms in total. The third-order valence-electron chi connectivity index (χ3n) is 5.04. The van der Waals surface area contributed by atoms with E-state index in [9.17, 15) is 18.0 Å². The van der Waals surface area contributed by atoms with Gasteiger partial charge < -0.3 is 10.1 Å². The Kier molecular flexibility index (Phi) is 5.33. The molecule has 0 bridgehead atoms. The van der Waals surface area contributed by atoms with Gasteiger partial charge in [0.15, 0.2) is 0 Å². The van der Waals surface area contributed by atoms with E-state index in [4.69, 9.17) is 16.3 Å². The Balaban J connectivity index is 1.83. The molecule has 0 unspecified atom stereocenters. The molecule has 0 radical (unpaired) electrons. The van der Waals surface area contributed by atoms with Gasteiger partial charge in [0.05, 0.1) is 11.3 Å². The molecular formula is C18H21ClN2O5S. The largest absolute Gasteiger partial charge is 0.450 e. The van der Waals surface area contributed by atoms with Crippen LogP contribution in [0, 0.1) is 0 Å². The van der Waals surface area contributed by atoms with E-state index in [0.717, 1.165) is 0 Å². The van der Waals surface area contributed by atoms with Crippen LogP contribution in [0.4, 0.5) is 5.69 Å². The summed E-state index contributed by atoms with van der Waals surface area (Å²) in [5.41, 5.74) is -0.00768. The molecule has 9 heteroatoms. The van der Waals surface area contributed by atoms with Gasteiger partial charge in [0.2, 0.25) is 10.0 Å². The van der Waals surface area contributed by atoms with E-state index in [-0.39, 0.29) is 42.8 Å². The highest BCUT2D eigenvalue weighted by molar-refractivity contribution is 7.89. The van der Waals surface area contributed by atoms with Crippen LogP contribution in [0.1, 0.15) is 26.7 Å². The van der Waals surface area contributed by atoms with Crippen molar-refractivity contribution in [3.05, 3.63) is 40.4 Å². The zero-order chi connectivity index (χ0) is 19.8. The molecule has 1 aromatic carbocycles. The number of carbonyl (C=O) groups excluding carboxylic acids is 2. The molecule has 1 amide bonds. The predicted molar refractivity (Wildman–Crippen MR) is 102 cm³/mol. The standard InChI is InChI=1S/C18H21ClN2O5S/c1-3-27(24,25)21-10-8-18(9-11-21)15(12(2)17(23)26-18)16(22)20-14-6-4-13(19)5-7-14/h4-7H,3,8-11H2,1-2H3,(H,20,22). The number of esters is 1. The summed E-state index contributed by atoms with van der Waals surface area (Å²) in [5.74, 6) is -0.950. The van der Waals surface area contributed by atoms with Crippen molar-refractivity contribution in [3.63, 3.8) is 0 Å². The number of anilines is 1. The zero-order valence-electron chi connectivity index (χ0n) is 15.1. The Hall–Kier alpha value is -1.90. The lowest BCUT2D eigenvalue weighted by atomic mass is 9.83. The predicted octanol–water partition coefficient (Wildman–Crippen LogP) is 2.34. The molecule has 0 saturated carbocycles. The molecule has 1 spiro atoms. The molecule has 0 aliphatic carbocycles. The molecule has 3 rings (SSSR count). The van der Waals surface area contributed by atoms with E-state index >= 15 is 0 Å². The van der Waals surface area contributed by atoms with E-state index in [1.54, 1.807) is 38.1 Å². The fourth-order valence-corrected chi connectivity index (χ4v) is 4.74. The fourth-order valence-electron chi connectivity index (χ4n) is 3.51. The normalized spacial score (nSPS) is 20.0. The summed E-state index contributed by atoms with van der Waals surface area (Å²) in [7, 11) is -3.32. The Morgan fingerprint density at radius 1 is 1.26 bits per heavy atom. The topological polar surface area (TPSA) is 92.8 Å². The number of halogens is 1. The van der Waals surface area contributed by atoms with E-state index in [1.807, 2.05) is 0 Å². The smallest absolute Gasteiger partial charge is 0.335 e. The maximum absolute atomic E-state index is 12.9. The summed E-state index contributed by atoms with van der Waals surface area (Å²) in [6.07, 6.45) is 0.497. The highest BCUT2D eigenvalue weighted by atomic mass is 35.5. The van der Waals surface area contributed by atoms with Crippen LogP contribution in [0.5, 0.6) is 0 Å². The fraction of sp³-hybridized carbons (Fsp3) is 0.444. The van der Waals surface area contributed by atoms with Gasteiger partial charge in [-0.1, -0.05) is 11.6 Å². The van der Waals surface area contributed by atoms with Crippen LogP contribution >= 0.6 is 11.6 Å². The van der Waals surface area contributed by atoms with Gasteiger partial charge >= 0.3 is 5.97 Å². The monoisotopic (exact) mass is 412 g/mol. The first-order valence-corrected chi connectivity index (χ1v) is 10.7. The number of benzene rings is 1. The molecular weight excluding hydrogens is 392 g/mol. The van der Waals surface area contributed by atoms with Crippen molar-refractivity contribution >= 4 is 39.2 Å². The van der Waals surface area contributed by atoms with Crippen LogP contribution in [-0.2, 0) is 24.3 Å². The molecule has 1 fully saturated rings. The number of hydrogen-bond donors (Lipinski definition) is 1. The van der Waals surface area contributed by atoms with Gasteiger partial charge in [0.1, 0.15) is 5.60 Å². The molecule has 2 aliphatic rings. The van der Waals surface area contributed by atoms with Crippen LogP contribution in [0.2, 0.25) is 5.02 Å². The summed E-state index contributed by atoms with van der Waals surface area (Å²) >= 11 is 5.86. The second-order valence-corrected chi connectivity index (χ2v) is 9.34. The second-order valence-electron chi connectivity index (χ2n) is 6.64. The average Bonchev–Trinajstić information content (AvgIpc) is 2.87. The second kappa shape index (κ2) is 7.26. The lowest BCUT2D eigenvalue weighted by Gasteiger charge is -2.38. The van der Waals surface area contributed by atoms with Gasteiger partial charge in [-0.15, -0.1) is 0 Å². The van der Waals surface area contributed by atoms with Crippen LogP contribution in [0.15, 0.2) is 35.4 Å². The number of hydrogen-bond acceptors (Lipinski definition) is 5. The third kappa shape index (κ3) is 3.74. The van der Waals surface area contributed by atoms with E-state index in [0.29, 0.717) is 10.7 Å². The van der Waals surface area contributed by atoms with Gasteiger partial charge in [-0.2, -0.15) is 0 Å². The van der Waals surface area contributed by atoms with Crippen LogP contribution in [0.25, 0.3) is 0 Å². The molecule has 2 heterocycles. The summed E-state index contributed by atoms with van der Waals surface area (Å²) in [4.78, 5) is 25.1. The third-order valence-corrected chi connectivity index (χ3v) is 7.18. The lowest BCUT2D eigenvalue weighted by molar-refractivity contribution is -0.149. The number of rotatable bonds is 4. The molecule has 0 aromatic heterocycles. The van der Waals surface area contributed by atoms with Gasteiger partial charge in [0.25, 0.3) is 5.91 Å². The number of amides is 1. The van der Waals surface area contributed by atoms with E-state index in [2.05, 4.69) is 5.32 Å². The maximum Gasteiger partial charge on any atom is 0.335 e. The first-order valence-electron chi connectivity index (χ1n) is 8.68. The van der Waals surface area contributed by atoms with Crippen molar-refractivity contribution in [1.82, 2.24) is 4.31 Å². The van der Waals surface area contributed by atoms with Gasteiger partial charge in [0, 0.05) is 42.2 Å². The summed E-state index contributed by atoms with van der Waals surface area (Å²) < 4.78 is 31.1. The van der Waals surface area contributed by atoms with Crippen LogP contribution in [-0.4, -0.2) is 49.0 Å². The number of ether oxygens (including phenoxy) is 1. The summed E-state index contributed by atoms with van der Waals surface area (Å²) in [5, 5.41) is 3.31. The van der Waals surface area contributed by atoms with Crippen molar-refractivity contribution in [1.29, 1.82) is 0 Å². The Bertz CT molecular complexity index is 900. The van der Waals surface area contributed by atoms with Crippen LogP contribution in [0.3, 0.4) is 0 Å². The van der Waals surface area contributed by atoms with Gasteiger partial charge in [-0.3, -0.25) is 4.79 Å². The molecule has 1 N–H and O–H groups in total. The Morgan fingerprint density at radius 2 is 1.85 bits per heavy atom. The Morgan fingerprint density at radius 3 is 2.41 bits per heavy atom. The number of nitrogens with one attached hydrogen (secondary N) is 1. The average molecular weight is 413 g/mol. The molecule has 146 valence electrons. The zero-order valence-corrected chi connectivity index (χ0v) is 16.7. The first kappa shape index (κ1) is 19.9. The van der Waals surface area contributed by atoms with Crippen molar-refractivity contribution < 1.29 is 22.7 Å². The van der Waals surface area contributed by atoms with Crippen LogP contribution < -0.4 is 5.32 Å². The molecule has 1 aromatic rings. The van der Waals surface area contributed by atoms with E-state index in [1.165, 1.54) is 4.31 Å². The molecule has 27 heavy (non-hydrogen) atoms. The minimum Gasteiger partial charge on any atom is -0.450 e. The lowest BCUT2D eigenvalue weighted by Crippen LogP contribution is -2.49. The van der Waals surface area contributed by atoms with E-state index < -0.39 is 27.5 Å². The minimum absolute atomic E-state index is 0.0125. The molecule has 2 aliphatic heterocycles. The SMILES string of the molecule is CCS(=O)(=O)N1CCC2(CC1)OC(=O)C(C)=C2C(=O)Nc1ccc(Cl)cc1. The number of sulfonamides is 1. The maximum atomic E-state index is 12.9. The van der Waals surface area contributed by atoms with Gasteiger partial charge in [-0.25, -0.2) is 17.5 Å². The number of piperidine rings is 1. The quantitative estimate of drug-likeness (QED) is 0.766. The summed E-state index contributed by atoms with van der Waals surface area (Å²) in [6, 6.07) is 6.63. The Labute approximate surface area is 163 Å². The highest BCUT2D eigenvalue weighted by Gasteiger charge is 2.51. The summed E-state index contributed by atoms with van der Waals surface area (Å²) in [6.45, 7) is 3.55. The number of carbonyl (C=O) groups is 2.